The number of hydrogen-bond donors (Lipinski definition) is 2. The highest BCUT2D eigenvalue weighted by molar-refractivity contribution is 6.17. The molecule has 4 rings (SSSR count). The van der Waals surface area contributed by atoms with Crippen molar-refractivity contribution in [3.63, 3.8) is 0 Å². The molecule has 0 bridgehead atoms. The molecular weight excluding hydrogens is 228 g/mol. The van der Waals surface area contributed by atoms with E-state index in [-0.39, 0.29) is 11.7 Å². The molecule has 4 heteroatoms. The summed E-state index contributed by atoms with van der Waals surface area (Å²) in [5.74, 6) is -0.934. The van der Waals surface area contributed by atoms with Crippen molar-refractivity contribution in [1.82, 2.24) is 5.43 Å². The Bertz CT molecular complexity index is 721. The summed E-state index contributed by atoms with van der Waals surface area (Å²) in [6.07, 6.45) is 0.339. The van der Waals surface area contributed by atoms with Crippen LogP contribution in [0.25, 0.3) is 10.8 Å². The highest BCUT2D eigenvalue weighted by Gasteiger charge is 2.38. The number of anilines is 1. The van der Waals surface area contributed by atoms with Crippen molar-refractivity contribution in [2.45, 2.75) is 12.3 Å². The molecule has 0 radical (unpaired) electrons. The van der Waals surface area contributed by atoms with E-state index in [2.05, 4.69) is 10.9 Å². The standard InChI is InChI=1S/C14H10N2O2/c17-10-6-8-3-1-2-7-4-5-9-12(11(7)8)13(10)14(18)16-15-9/h1-5,13,15H,6H2,(H,16,18). The van der Waals surface area contributed by atoms with E-state index < -0.39 is 5.92 Å². The van der Waals surface area contributed by atoms with Gasteiger partial charge in [0.2, 0.25) is 0 Å². The van der Waals surface area contributed by atoms with E-state index in [1.165, 1.54) is 0 Å². The SMILES string of the molecule is O=C1Cc2cccc3ccc4c(c23)C1C(=O)NN4. The molecule has 2 aromatic carbocycles. The summed E-state index contributed by atoms with van der Waals surface area (Å²) in [7, 11) is 0. The molecule has 1 aliphatic carbocycles. The van der Waals surface area contributed by atoms with Crippen molar-refractivity contribution >= 4 is 28.2 Å². The van der Waals surface area contributed by atoms with Crippen molar-refractivity contribution in [2.24, 2.45) is 0 Å². The van der Waals surface area contributed by atoms with Crippen molar-refractivity contribution < 1.29 is 9.59 Å². The van der Waals surface area contributed by atoms with E-state index in [0.29, 0.717) is 6.42 Å². The van der Waals surface area contributed by atoms with Crippen LogP contribution in [-0.2, 0) is 16.0 Å². The lowest BCUT2D eigenvalue weighted by atomic mass is 9.78. The third-order valence-electron chi connectivity index (χ3n) is 3.73. The molecular formula is C14H10N2O2. The minimum Gasteiger partial charge on any atom is -0.298 e. The zero-order chi connectivity index (χ0) is 12.3. The van der Waals surface area contributed by atoms with Gasteiger partial charge in [0.25, 0.3) is 5.91 Å². The molecule has 4 nitrogen and oxygen atoms in total. The van der Waals surface area contributed by atoms with E-state index in [9.17, 15) is 9.59 Å². The summed E-state index contributed by atoms with van der Waals surface area (Å²) < 4.78 is 0. The van der Waals surface area contributed by atoms with E-state index in [1.807, 2.05) is 30.3 Å². The minimum atomic E-state index is -0.653. The number of hydrazine groups is 1. The molecule has 1 atom stereocenters. The fourth-order valence-electron chi connectivity index (χ4n) is 2.97. The molecule has 0 saturated carbocycles. The third kappa shape index (κ3) is 1.05. The third-order valence-corrected chi connectivity index (χ3v) is 3.73. The fraction of sp³-hybridized carbons (Fsp3) is 0.143. The predicted octanol–water partition coefficient (Wildman–Crippen LogP) is 1.51. The lowest BCUT2D eigenvalue weighted by Gasteiger charge is -2.30. The zero-order valence-electron chi connectivity index (χ0n) is 9.49. The quantitative estimate of drug-likeness (QED) is 0.684. The van der Waals surface area contributed by atoms with Crippen molar-refractivity contribution in [3.8, 4) is 0 Å². The van der Waals surface area contributed by atoms with Crippen LogP contribution in [0, 0.1) is 0 Å². The molecule has 1 aliphatic heterocycles. The highest BCUT2D eigenvalue weighted by atomic mass is 16.2. The molecule has 2 N–H and O–H groups in total. The average Bonchev–Trinajstić information content (AvgIpc) is 2.38. The molecule has 0 saturated heterocycles. The van der Waals surface area contributed by atoms with Crippen LogP contribution < -0.4 is 10.9 Å². The van der Waals surface area contributed by atoms with Crippen LogP contribution in [0.1, 0.15) is 17.0 Å². The summed E-state index contributed by atoms with van der Waals surface area (Å²) in [6.45, 7) is 0. The first-order chi connectivity index (χ1) is 8.75. The maximum Gasteiger partial charge on any atom is 0.253 e. The van der Waals surface area contributed by atoms with Gasteiger partial charge in [-0.25, -0.2) is 0 Å². The van der Waals surface area contributed by atoms with Crippen molar-refractivity contribution in [3.05, 3.63) is 41.5 Å². The number of amides is 1. The number of hydrogen-bond acceptors (Lipinski definition) is 3. The Hall–Kier alpha value is -2.36. The Morgan fingerprint density at radius 3 is 2.83 bits per heavy atom. The summed E-state index contributed by atoms with van der Waals surface area (Å²) in [5, 5.41) is 2.14. The molecule has 0 aromatic heterocycles. The van der Waals surface area contributed by atoms with Crippen LogP contribution in [-0.4, -0.2) is 11.7 Å². The summed E-state index contributed by atoms with van der Waals surface area (Å²) in [5.41, 5.74) is 8.10. The largest absolute Gasteiger partial charge is 0.298 e. The molecule has 88 valence electrons. The van der Waals surface area contributed by atoms with Gasteiger partial charge in [-0.15, -0.1) is 0 Å². The van der Waals surface area contributed by atoms with Gasteiger partial charge in [-0.3, -0.25) is 20.4 Å². The van der Waals surface area contributed by atoms with Gasteiger partial charge >= 0.3 is 0 Å². The second kappa shape index (κ2) is 3.10. The average molecular weight is 238 g/mol. The smallest absolute Gasteiger partial charge is 0.253 e. The van der Waals surface area contributed by atoms with Gasteiger partial charge < -0.3 is 0 Å². The van der Waals surface area contributed by atoms with Crippen LogP contribution in [0.4, 0.5) is 5.69 Å². The van der Waals surface area contributed by atoms with Gasteiger partial charge in [0.05, 0.1) is 5.69 Å². The van der Waals surface area contributed by atoms with E-state index in [1.54, 1.807) is 0 Å². The topological polar surface area (TPSA) is 58.2 Å². The van der Waals surface area contributed by atoms with Gasteiger partial charge in [0.15, 0.2) is 5.78 Å². The van der Waals surface area contributed by atoms with E-state index >= 15 is 0 Å². The number of benzene rings is 2. The fourth-order valence-corrected chi connectivity index (χ4v) is 2.97. The van der Waals surface area contributed by atoms with Crippen molar-refractivity contribution in [2.75, 3.05) is 5.43 Å². The van der Waals surface area contributed by atoms with Crippen LogP contribution in [0.15, 0.2) is 30.3 Å². The van der Waals surface area contributed by atoms with Gasteiger partial charge in [-0.05, 0) is 22.4 Å². The Labute approximate surface area is 103 Å². The monoisotopic (exact) mass is 238 g/mol. The first-order valence-corrected chi connectivity index (χ1v) is 5.89. The second-order valence-electron chi connectivity index (χ2n) is 4.73. The van der Waals surface area contributed by atoms with Gasteiger partial charge in [-0.2, -0.15) is 0 Å². The molecule has 0 spiro atoms. The van der Waals surface area contributed by atoms with E-state index in [0.717, 1.165) is 27.6 Å². The number of nitrogens with one attached hydrogen (secondary N) is 2. The normalized spacial score (nSPS) is 20.6. The van der Waals surface area contributed by atoms with Crippen molar-refractivity contribution in [1.29, 1.82) is 0 Å². The van der Waals surface area contributed by atoms with Crippen LogP contribution >= 0.6 is 0 Å². The Morgan fingerprint density at radius 2 is 1.94 bits per heavy atom. The zero-order valence-corrected chi connectivity index (χ0v) is 9.49. The first kappa shape index (κ1) is 9.65. The molecule has 2 aliphatic rings. The summed E-state index contributed by atoms with van der Waals surface area (Å²) in [6, 6.07) is 9.84. The highest BCUT2D eigenvalue weighted by Crippen LogP contribution is 2.40. The van der Waals surface area contributed by atoms with Crippen LogP contribution in [0.5, 0.6) is 0 Å². The Morgan fingerprint density at radius 1 is 1.06 bits per heavy atom. The van der Waals surface area contributed by atoms with E-state index in [4.69, 9.17) is 0 Å². The van der Waals surface area contributed by atoms with Crippen LogP contribution in [0.3, 0.4) is 0 Å². The number of rotatable bonds is 0. The Kier molecular flexibility index (Phi) is 1.66. The molecule has 1 amide bonds. The molecule has 2 aromatic rings. The maximum atomic E-state index is 12.1. The molecule has 0 fully saturated rings. The van der Waals surface area contributed by atoms with Gasteiger partial charge in [0.1, 0.15) is 5.92 Å². The number of ketones is 1. The predicted molar refractivity (Wildman–Crippen MR) is 67.2 cm³/mol. The summed E-state index contributed by atoms with van der Waals surface area (Å²) in [4.78, 5) is 24.0. The maximum absolute atomic E-state index is 12.1. The molecule has 18 heavy (non-hydrogen) atoms. The van der Waals surface area contributed by atoms with Gasteiger partial charge in [-0.1, -0.05) is 24.3 Å². The minimum absolute atomic E-state index is 0.0264. The molecule has 1 unspecified atom stereocenters. The first-order valence-electron chi connectivity index (χ1n) is 5.89. The molecule has 1 heterocycles. The number of carbonyl (C=O) groups is 2. The second-order valence-corrected chi connectivity index (χ2v) is 4.73. The Balaban J connectivity index is 2.19. The number of Topliss-reactive ketones (excluding diaryl/α,β-unsaturated/α-hetero) is 1. The lowest BCUT2D eigenvalue weighted by Crippen LogP contribution is -2.43. The van der Waals surface area contributed by atoms with Gasteiger partial charge in [0, 0.05) is 12.0 Å². The lowest BCUT2D eigenvalue weighted by molar-refractivity contribution is -0.130. The summed E-state index contributed by atoms with van der Waals surface area (Å²) >= 11 is 0. The van der Waals surface area contributed by atoms with Crippen LogP contribution in [0.2, 0.25) is 0 Å². The number of carbonyl (C=O) groups excluding carboxylic acids is 2.